The standard InChI is InChI=1S/C14H27N3O3/c1-4-5-12(13(18)19)15-14(20)17-8-6-16(7-9-17)10-11(2)3/h11-12H,4-10H2,1-3H3,(H,15,20)(H,18,19). The van der Waals surface area contributed by atoms with Crippen molar-refractivity contribution in [2.24, 2.45) is 5.92 Å². The number of nitrogens with zero attached hydrogens (tertiary/aromatic N) is 2. The quantitative estimate of drug-likeness (QED) is 0.769. The van der Waals surface area contributed by atoms with Crippen molar-refractivity contribution < 1.29 is 14.7 Å². The molecule has 0 aromatic carbocycles. The minimum Gasteiger partial charge on any atom is -0.480 e. The minimum absolute atomic E-state index is 0.255. The van der Waals surface area contributed by atoms with Crippen LogP contribution < -0.4 is 5.32 Å². The van der Waals surface area contributed by atoms with Gasteiger partial charge >= 0.3 is 12.0 Å². The first kappa shape index (κ1) is 16.8. The number of carboxylic acid groups (broad SMARTS) is 1. The van der Waals surface area contributed by atoms with Gasteiger partial charge in [0.1, 0.15) is 6.04 Å². The molecule has 0 aromatic rings. The van der Waals surface area contributed by atoms with Gasteiger partial charge in [-0.15, -0.1) is 0 Å². The van der Waals surface area contributed by atoms with Crippen molar-refractivity contribution in [2.45, 2.75) is 39.7 Å². The lowest BCUT2D eigenvalue weighted by Crippen LogP contribution is -2.54. The van der Waals surface area contributed by atoms with Gasteiger partial charge in [0.25, 0.3) is 0 Å². The Labute approximate surface area is 121 Å². The van der Waals surface area contributed by atoms with Crippen molar-refractivity contribution in [1.29, 1.82) is 0 Å². The Morgan fingerprint density at radius 3 is 2.25 bits per heavy atom. The summed E-state index contributed by atoms with van der Waals surface area (Å²) < 4.78 is 0. The number of hydrogen-bond donors (Lipinski definition) is 2. The second kappa shape index (κ2) is 8.09. The van der Waals surface area contributed by atoms with Gasteiger partial charge < -0.3 is 15.3 Å². The van der Waals surface area contributed by atoms with Crippen LogP contribution in [0.3, 0.4) is 0 Å². The Kier molecular flexibility index (Phi) is 6.78. The molecule has 1 atom stereocenters. The Hall–Kier alpha value is -1.30. The summed E-state index contributed by atoms with van der Waals surface area (Å²) in [6.07, 6.45) is 1.20. The predicted molar refractivity (Wildman–Crippen MR) is 77.7 cm³/mol. The SMILES string of the molecule is CCCC(NC(=O)N1CCN(CC(C)C)CC1)C(=O)O. The molecule has 1 unspecified atom stereocenters. The van der Waals surface area contributed by atoms with Gasteiger partial charge in [-0.25, -0.2) is 9.59 Å². The van der Waals surface area contributed by atoms with E-state index in [9.17, 15) is 9.59 Å². The Morgan fingerprint density at radius 1 is 1.20 bits per heavy atom. The van der Waals surface area contributed by atoms with Crippen molar-refractivity contribution in [3.63, 3.8) is 0 Å². The Morgan fingerprint density at radius 2 is 1.80 bits per heavy atom. The molecule has 1 heterocycles. The van der Waals surface area contributed by atoms with Crippen LogP contribution in [-0.4, -0.2) is 65.7 Å². The van der Waals surface area contributed by atoms with E-state index in [4.69, 9.17) is 5.11 Å². The molecule has 20 heavy (non-hydrogen) atoms. The lowest BCUT2D eigenvalue weighted by atomic mass is 10.1. The molecule has 1 fully saturated rings. The molecule has 0 spiro atoms. The van der Waals surface area contributed by atoms with E-state index >= 15 is 0 Å². The first-order valence-corrected chi connectivity index (χ1v) is 7.44. The molecule has 1 aliphatic heterocycles. The van der Waals surface area contributed by atoms with Crippen LogP contribution in [0.5, 0.6) is 0 Å². The van der Waals surface area contributed by atoms with Crippen LogP contribution in [-0.2, 0) is 4.79 Å². The highest BCUT2D eigenvalue weighted by Gasteiger charge is 2.25. The third-order valence-corrected chi connectivity index (χ3v) is 3.46. The van der Waals surface area contributed by atoms with Crippen LogP contribution in [0.4, 0.5) is 4.79 Å². The van der Waals surface area contributed by atoms with Crippen molar-refractivity contribution >= 4 is 12.0 Å². The molecule has 0 aliphatic carbocycles. The van der Waals surface area contributed by atoms with Crippen LogP contribution in [0.15, 0.2) is 0 Å². The number of aliphatic carboxylic acids is 1. The number of urea groups is 1. The van der Waals surface area contributed by atoms with Crippen molar-refractivity contribution in [2.75, 3.05) is 32.7 Å². The number of carbonyl (C=O) groups is 2. The van der Waals surface area contributed by atoms with E-state index in [1.54, 1.807) is 4.90 Å². The zero-order valence-corrected chi connectivity index (χ0v) is 12.8. The normalized spacial score (nSPS) is 18.1. The number of nitrogens with one attached hydrogen (secondary N) is 1. The maximum atomic E-state index is 12.0. The lowest BCUT2D eigenvalue weighted by molar-refractivity contribution is -0.139. The molecule has 0 aromatic heterocycles. The largest absolute Gasteiger partial charge is 0.480 e. The molecule has 0 bridgehead atoms. The molecule has 1 saturated heterocycles. The molecule has 2 N–H and O–H groups in total. The third kappa shape index (κ3) is 5.36. The summed E-state index contributed by atoms with van der Waals surface area (Å²) in [6.45, 7) is 10.4. The van der Waals surface area contributed by atoms with Crippen LogP contribution in [0.2, 0.25) is 0 Å². The molecule has 6 nitrogen and oxygen atoms in total. The average Bonchev–Trinajstić information content (AvgIpc) is 2.38. The maximum Gasteiger partial charge on any atom is 0.326 e. The second-order valence-corrected chi connectivity index (χ2v) is 5.81. The van der Waals surface area contributed by atoms with Gasteiger partial charge in [-0.1, -0.05) is 27.2 Å². The summed E-state index contributed by atoms with van der Waals surface area (Å²) in [5, 5.41) is 11.7. The first-order valence-electron chi connectivity index (χ1n) is 7.44. The molecular weight excluding hydrogens is 258 g/mol. The number of carbonyl (C=O) groups excluding carboxylic acids is 1. The smallest absolute Gasteiger partial charge is 0.326 e. The fourth-order valence-corrected chi connectivity index (χ4v) is 2.44. The number of piperazine rings is 1. The van der Waals surface area contributed by atoms with Crippen LogP contribution in [0.25, 0.3) is 0 Å². The molecule has 2 amide bonds. The Balaban J connectivity index is 2.40. The van der Waals surface area contributed by atoms with E-state index in [0.29, 0.717) is 25.4 Å². The first-order chi connectivity index (χ1) is 9.43. The predicted octanol–water partition coefficient (Wildman–Crippen LogP) is 1.22. The zero-order valence-electron chi connectivity index (χ0n) is 12.8. The van der Waals surface area contributed by atoms with Gasteiger partial charge in [0, 0.05) is 32.7 Å². The molecule has 0 saturated carbocycles. The average molecular weight is 285 g/mol. The third-order valence-electron chi connectivity index (χ3n) is 3.46. The summed E-state index contributed by atoms with van der Waals surface area (Å²) in [7, 11) is 0. The highest BCUT2D eigenvalue weighted by Crippen LogP contribution is 2.06. The minimum atomic E-state index is -0.960. The number of hydrogen-bond acceptors (Lipinski definition) is 3. The van der Waals surface area contributed by atoms with Crippen molar-refractivity contribution in [1.82, 2.24) is 15.1 Å². The highest BCUT2D eigenvalue weighted by atomic mass is 16.4. The van der Waals surface area contributed by atoms with Crippen molar-refractivity contribution in [3.05, 3.63) is 0 Å². The van der Waals surface area contributed by atoms with E-state index in [2.05, 4.69) is 24.1 Å². The fraction of sp³-hybridized carbons (Fsp3) is 0.857. The van der Waals surface area contributed by atoms with E-state index in [0.717, 1.165) is 26.1 Å². The van der Waals surface area contributed by atoms with Gasteiger partial charge in [-0.3, -0.25) is 4.90 Å². The topological polar surface area (TPSA) is 72.9 Å². The molecule has 1 aliphatic rings. The lowest BCUT2D eigenvalue weighted by Gasteiger charge is -2.35. The summed E-state index contributed by atoms with van der Waals surface area (Å²) >= 11 is 0. The molecule has 0 radical (unpaired) electrons. The van der Waals surface area contributed by atoms with Gasteiger partial charge in [-0.05, 0) is 12.3 Å². The highest BCUT2D eigenvalue weighted by molar-refractivity contribution is 5.82. The molecule has 116 valence electrons. The van der Waals surface area contributed by atoms with Crippen LogP contribution in [0, 0.1) is 5.92 Å². The van der Waals surface area contributed by atoms with Crippen molar-refractivity contribution in [3.8, 4) is 0 Å². The monoisotopic (exact) mass is 285 g/mol. The van der Waals surface area contributed by atoms with Gasteiger partial charge in [-0.2, -0.15) is 0 Å². The van der Waals surface area contributed by atoms with Crippen LogP contribution in [0.1, 0.15) is 33.6 Å². The van der Waals surface area contributed by atoms with E-state index < -0.39 is 12.0 Å². The molecule has 1 rings (SSSR count). The van der Waals surface area contributed by atoms with E-state index in [-0.39, 0.29) is 6.03 Å². The summed E-state index contributed by atoms with van der Waals surface area (Å²) in [4.78, 5) is 27.1. The maximum absolute atomic E-state index is 12.0. The fourth-order valence-electron chi connectivity index (χ4n) is 2.44. The van der Waals surface area contributed by atoms with Gasteiger partial charge in [0.05, 0.1) is 0 Å². The number of amides is 2. The molecular formula is C14H27N3O3. The van der Waals surface area contributed by atoms with Crippen LogP contribution >= 0.6 is 0 Å². The van der Waals surface area contributed by atoms with Gasteiger partial charge in [0.2, 0.25) is 0 Å². The van der Waals surface area contributed by atoms with E-state index in [1.165, 1.54) is 0 Å². The molecule has 6 heteroatoms. The van der Waals surface area contributed by atoms with Gasteiger partial charge in [0.15, 0.2) is 0 Å². The zero-order chi connectivity index (χ0) is 15.1. The number of rotatable bonds is 6. The second-order valence-electron chi connectivity index (χ2n) is 5.81. The summed E-state index contributed by atoms with van der Waals surface area (Å²) in [5.74, 6) is -0.338. The van der Waals surface area contributed by atoms with E-state index in [1.807, 2.05) is 6.92 Å². The summed E-state index contributed by atoms with van der Waals surface area (Å²) in [5.41, 5.74) is 0. The Bertz CT molecular complexity index is 326. The summed E-state index contributed by atoms with van der Waals surface area (Å²) in [6, 6.07) is -1.03. The number of carboxylic acids is 1.